The molecular weight excluding hydrogens is 333 g/mol. The van der Waals surface area contributed by atoms with Gasteiger partial charge in [0.1, 0.15) is 0 Å². The zero-order valence-corrected chi connectivity index (χ0v) is 13.6. The Bertz CT molecular complexity index is 360. The normalized spacial score (nSPS) is 25.3. The van der Waals surface area contributed by atoms with Gasteiger partial charge in [0.25, 0.3) is 0 Å². The van der Waals surface area contributed by atoms with Gasteiger partial charge in [-0.25, -0.2) is 0 Å². The van der Waals surface area contributed by atoms with Crippen molar-refractivity contribution in [1.82, 2.24) is 5.32 Å². The molecule has 2 heteroatoms. The van der Waals surface area contributed by atoms with Crippen molar-refractivity contribution in [3.8, 4) is 0 Å². The molecule has 2 rings (SSSR count). The molecule has 0 radical (unpaired) electrons. The van der Waals surface area contributed by atoms with Crippen LogP contribution in [0.1, 0.15) is 38.2 Å². The minimum Gasteiger partial charge on any atom is -0.316 e. The summed E-state index contributed by atoms with van der Waals surface area (Å²) >= 11 is 2.37. The summed E-state index contributed by atoms with van der Waals surface area (Å²) < 4.78 is 1.32. The van der Waals surface area contributed by atoms with E-state index < -0.39 is 0 Å². The Morgan fingerprint density at radius 2 is 2.00 bits per heavy atom. The molecule has 1 aromatic carbocycles. The lowest BCUT2D eigenvalue weighted by Crippen LogP contribution is -2.34. The Hall–Kier alpha value is -0.0900. The summed E-state index contributed by atoms with van der Waals surface area (Å²) in [5, 5.41) is 3.55. The van der Waals surface area contributed by atoms with Crippen molar-refractivity contribution < 1.29 is 0 Å². The number of likely N-dealkylation sites (N-methyl/N-ethyl adjacent to an activating group) is 1. The van der Waals surface area contributed by atoms with Crippen LogP contribution in [-0.4, -0.2) is 13.1 Å². The lowest BCUT2D eigenvalue weighted by atomic mass is 9.91. The van der Waals surface area contributed by atoms with Gasteiger partial charge in [0.15, 0.2) is 0 Å². The second-order valence-electron chi connectivity index (χ2n) is 5.57. The van der Waals surface area contributed by atoms with Gasteiger partial charge in [-0.15, -0.1) is 0 Å². The van der Waals surface area contributed by atoms with Crippen LogP contribution in [0.2, 0.25) is 0 Å². The Morgan fingerprint density at radius 1 is 1.28 bits per heavy atom. The number of hydrogen-bond acceptors (Lipinski definition) is 1. The van der Waals surface area contributed by atoms with Crippen LogP contribution >= 0.6 is 22.6 Å². The molecule has 3 unspecified atom stereocenters. The average molecular weight is 357 g/mol. The molecule has 1 aromatic rings. The molecular formula is C16H24IN. The van der Waals surface area contributed by atoms with Crippen molar-refractivity contribution >= 4 is 22.6 Å². The number of hydrogen-bond donors (Lipinski definition) is 1. The number of rotatable bonds is 5. The van der Waals surface area contributed by atoms with Gasteiger partial charge >= 0.3 is 0 Å². The van der Waals surface area contributed by atoms with E-state index in [1.54, 1.807) is 0 Å². The standard InChI is InChI=1S/C16H24IN/c1-3-12-4-7-14(10-12)16(18-2)11-13-5-8-15(17)9-6-13/h5-6,8-9,12,14,16,18H,3-4,7,10-11H2,1-2H3. The van der Waals surface area contributed by atoms with Crippen LogP contribution in [0.5, 0.6) is 0 Å². The van der Waals surface area contributed by atoms with Crippen molar-refractivity contribution in [3.63, 3.8) is 0 Å². The highest BCUT2D eigenvalue weighted by Crippen LogP contribution is 2.35. The molecule has 0 heterocycles. The highest BCUT2D eigenvalue weighted by Gasteiger charge is 2.29. The Labute approximate surface area is 125 Å². The zero-order chi connectivity index (χ0) is 13.0. The highest BCUT2D eigenvalue weighted by molar-refractivity contribution is 14.1. The minimum absolute atomic E-state index is 0.654. The van der Waals surface area contributed by atoms with Gasteiger partial charge in [-0.3, -0.25) is 0 Å². The molecule has 3 atom stereocenters. The number of nitrogens with one attached hydrogen (secondary N) is 1. The van der Waals surface area contributed by atoms with Crippen LogP contribution in [0.3, 0.4) is 0 Å². The van der Waals surface area contributed by atoms with Crippen molar-refractivity contribution in [2.24, 2.45) is 11.8 Å². The van der Waals surface area contributed by atoms with Crippen LogP contribution in [-0.2, 0) is 6.42 Å². The second kappa shape index (κ2) is 6.90. The molecule has 0 saturated heterocycles. The van der Waals surface area contributed by atoms with E-state index in [1.165, 1.54) is 41.2 Å². The number of halogens is 1. The smallest absolute Gasteiger partial charge is 0.0133 e. The fourth-order valence-electron chi connectivity index (χ4n) is 3.23. The predicted octanol–water partition coefficient (Wildman–Crippen LogP) is 4.25. The lowest BCUT2D eigenvalue weighted by molar-refractivity contribution is 0.361. The molecule has 0 bridgehead atoms. The molecule has 1 fully saturated rings. The van der Waals surface area contributed by atoms with E-state index in [2.05, 4.69) is 66.1 Å². The van der Waals surface area contributed by atoms with Gasteiger partial charge in [0, 0.05) is 9.61 Å². The van der Waals surface area contributed by atoms with Crippen molar-refractivity contribution in [1.29, 1.82) is 0 Å². The van der Waals surface area contributed by atoms with Gasteiger partial charge in [0.05, 0.1) is 0 Å². The molecule has 1 aliphatic carbocycles. The topological polar surface area (TPSA) is 12.0 Å². The first-order chi connectivity index (χ1) is 8.72. The van der Waals surface area contributed by atoms with Crippen LogP contribution in [0.4, 0.5) is 0 Å². The van der Waals surface area contributed by atoms with Crippen LogP contribution in [0, 0.1) is 15.4 Å². The van der Waals surface area contributed by atoms with E-state index in [0.717, 1.165) is 11.8 Å². The van der Waals surface area contributed by atoms with Gasteiger partial charge in [-0.1, -0.05) is 31.9 Å². The molecule has 1 nitrogen and oxygen atoms in total. The molecule has 1 saturated carbocycles. The van der Waals surface area contributed by atoms with Crippen molar-refractivity contribution in [2.45, 2.75) is 45.1 Å². The first-order valence-corrected chi connectivity index (χ1v) is 8.22. The third-order valence-electron chi connectivity index (χ3n) is 4.47. The quantitative estimate of drug-likeness (QED) is 0.777. The maximum atomic E-state index is 3.55. The van der Waals surface area contributed by atoms with E-state index in [-0.39, 0.29) is 0 Å². The monoisotopic (exact) mass is 357 g/mol. The summed E-state index contributed by atoms with van der Waals surface area (Å²) in [6, 6.07) is 9.64. The Balaban J connectivity index is 1.95. The van der Waals surface area contributed by atoms with E-state index in [4.69, 9.17) is 0 Å². The van der Waals surface area contributed by atoms with E-state index in [1.807, 2.05) is 0 Å². The van der Waals surface area contributed by atoms with Gasteiger partial charge in [-0.2, -0.15) is 0 Å². The van der Waals surface area contributed by atoms with Gasteiger partial charge in [-0.05, 0) is 78.4 Å². The second-order valence-corrected chi connectivity index (χ2v) is 6.82. The molecule has 0 amide bonds. The summed E-state index contributed by atoms with van der Waals surface area (Å²) in [6.45, 7) is 2.33. The van der Waals surface area contributed by atoms with Gasteiger partial charge < -0.3 is 5.32 Å². The SMILES string of the molecule is CCC1CCC(C(Cc2ccc(I)cc2)NC)C1. The molecule has 18 heavy (non-hydrogen) atoms. The van der Waals surface area contributed by atoms with E-state index in [0.29, 0.717) is 6.04 Å². The summed E-state index contributed by atoms with van der Waals surface area (Å²) in [7, 11) is 2.12. The molecule has 0 aliphatic heterocycles. The summed E-state index contributed by atoms with van der Waals surface area (Å²) in [5.41, 5.74) is 1.47. The van der Waals surface area contributed by atoms with Gasteiger partial charge in [0.2, 0.25) is 0 Å². The van der Waals surface area contributed by atoms with Crippen LogP contribution in [0.25, 0.3) is 0 Å². The first-order valence-electron chi connectivity index (χ1n) is 7.14. The molecule has 1 N–H and O–H groups in total. The largest absolute Gasteiger partial charge is 0.316 e. The summed E-state index contributed by atoms with van der Waals surface area (Å²) in [4.78, 5) is 0. The molecule has 100 valence electrons. The zero-order valence-electron chi connectivity index (χ0n) is 11.5. The van der Waals surface area contributed by atoms with Crippen LogP contribution < -0.4 is 5.32 Å². The Kier molecular flexibility index (Phi) is 5.49. The highest BCUT2D eigenvalue weighted by atomic mass is 127. The molecule has 0 spiro atoms. The fourth-order valence-corrected chi connectivity index (χ4v) is 3.59. The first kappa shape index (κ1) is 14.3. The minimum atomic E-state index is 0.654. The third kappa shape index (κ3) is 3.70. The maximum absolute atomic E-state index is 3.55. The van der Waals surface area contributed by atoms with E-state index >= 15 is 0 Å². The summed E-state index contributed by atoms with van der Waals surface area (Å²) in [6.07, 6.45) is 6.80. The lowest BCUT2D eigenvalue weighted by Gasteiger charge is -2.23. The van der Waals surface area contributed by atoms with Crippen molar-refractivity contribution in [2.75, 3.05) is 7.05 Å². The predicted molar refractivity (Wildman–Crippen MR) is 86.8 cm³/mol. The number of benzene rings is 1. The maximum Gasteiger partial charge on any atom is 0.0133 e. The fraction of sp³-hybridized carbons (Fsp3) is 0.625. The molecule has 1 aliphatic rings. The van der Waals surface area contributed by atoms with E-state index in [9.17, 15) is 0 Å². The Morgan fingerprint density at radius 3 is 2.56 bits per heavy atom. The third-order valence-corrected chi connectivity index (χ3v) is 5.19. The summed E-state index contributed by atoms with van der Waals surface area (Å²) in [5.74, 6) is 1.85. The average Bonchev–Trinajstić information content (AvgIpc) is 2.87. The molecule has 0 aromatic heterocycles. The van der Waals surface area contributed by atoms with Crippen molar-refractivity contribution in [3.05, 3.63) is 33.4 Å². The van der Waals surface area contributed by atoms with Crippen LogP contribution in [0.15, 0.2) is 24.3 Å².